The van der Waals surface area contributed by atoms with E-state index >= 15 is 0 Å². The lowest BCUT2D eigenvalue weighted by Gasteiger charge is -2.35. The molecule has 2 unspecified atom stereocenters. The molecule has 0 aromatic rings. The van der Waals surface area contributed by atoms with E-state index in [2.05, 4.69) is 11.9 Å². The Hall–Kier alpha value is -1.78. The highest BCUT2D eigenvalue weighted by Gasteiger charge is 2.29. The Morgan fingerprint density at radius 3 is 2.53 bits per heavy atom. The number of nitrogens with zero attached hydrogens (tertiary/aromatic N) is 1. The predicted molar refractivity (Wildman–Crippen MR) is 73.9 cm³/mol. The van der Waals surface area contributed by atoms with Gasteiger partial charge >= 0.3 is 12.0 Å². The van der Waals surface area contributed by atoms with Crippen molar-refractivity contribution in [2.45, 2.75) is 38.8 Å². The van der Waals surface area contributed by atoms with Crippen molar-refractivity contribution in [3.05, 3.63) is 24.8 Å². The Balaban J connectivity index is 2.62. The average Bonchev–Trinajstić information content (AvgIpc) is 2.72. The van der Waals surface area contributed by atoms with Crippen molar-refractivity contribution in [3.8, 4) is 0 Å². The second-order valence-corrected chi connectivity index (χ2v) is 5.69. The Bertz CT molecular complexity index is 396. The zero-order valence-electron chi connectivity index (χ0n) is 11.7. The minimum atomic E-state index is -0.855. The first-order valence-corrected chi connectivity index (χ1v) is 6.36. The third kappa shape index (κ3) is 4.12. The summed E-state index contributed by atoms with van der Waals surface area (Å²) in [7, 11) is 0. The molecule has 0 radical (unpaired) electrons. The van der Waals surface area contributed by atoms with E-state index < -0.39 is 11.9 Å². The van der Waals surface area contributed by atoms with E-state index in [1.165, 1.54) is 0 Å². The van der Waals surface area contributed by atoms with Crippen LogP contribution in [0.5, 0.6) is 0 Å². The van der Waals surface area contributed by atoms with Crippen molar-refractivity contribution in [1.29, 1.82) is 0 Å². The molecule has 5 heteroatoms. The zero-order valence-corrected chi connectivity index (χ0v) is 11.7. The summed E-state index contributed by atoms with van der Waals surface area (Å²) >= 11 is 0. The fourth-order valence-corrected chi connectivity index (χ4v) is 2.02. The second-order valence-electron chi connectivity index (χ2n) is 5.69. The van der Waals surface area contributed by atoms with Crippen LogP contribution >= 0.6 is 0 Å². The molecule has 1 aliphatic rings. The molecule has 19 heavy (non-hydrogen) atoms. The van der Waals surface area contributed by atoms with Gasteiger partial charge in [-0.25, -0.2) is 4.79 Å². The van der Waals surface area contributed by atoms with Crippen LogP contribution in [0.1, 0.15) is 27.2 Å². The molecule has 1 aliphatic carbocycles. The number of carbonyl (C=O) groups is 2. The van der Waals surface area contributed by atoms with Gasteiger partial charge in [0.2, 0.25) is 0 Å². The summed E-state index contributed by atoms with van der Waals surface area (Å²) in [6.45, 7) is 9.94. The summed E-state index contributed by atoms with van der Waals surface area (Å²) in [6, 6.07) is -0.420. The van der Waals surface area contributed by atoms with Crippen LogP contribution in [0.3, 0.4) is 0 Å². The number of carbonyl (C=O) groups excluding carboxylic acids is 1. The topological polar surface area (TPSA) is 69.6 Å². The molecule has 0 bridgehead atoms. The van der Waals surface area contributed by atoms with Crippen molar-refractivity contribution in [3.63, 3.8) is 0 Å². The standard InChI is InChI=1S/C14H22N2O3/c1-5-8-16(14(2,3)4)13(19)15-11-7-6-10(9-11)12(17)18/h5-7,10-11H,1,8-9H2,2-4H3,(H,15,19)(H,17,18). The van der Waals surface area contributed by atoms with Gasteiger partial charge in [-0.15, -0.1) is 6.58 Å². The maximum absolute atomic E-state index is 12.2. The smallest absolute Gasteiger partial charge is 0.318 e. The summed E-state index contributed by atoms with van der Waals surface area (Å²) in [4.78, 5) is 24.7. The van der Waals surface area contributed by atoms with Gasteiger partial charge in [0.05, 0.1) is 12.0 Å². The molecule has 0 aromatic carbocycles. The third-order valence-corrected chi connectivity index (χ3v) is 3.08. The molecule has 106 valence electrons. The van der Waals surface area contributed by atoms with Gasteiger partial charge < -0.3 is 15.3 Å². The molecule has 0 saturated heterocycles. The lowest BCUT2D eigenvalue weighted by atomic mass is 10.1. The lowest BCUT2D eigenvalue weighted by molar-refractivity contribution is -0.140. The van der Waals surface area contributed by atoms with Gasteiger partial charge in [-0.2, -0.15) is 0 Å². The molecule has 2 N–H and O–H groups in total. The fraction of sp³-hybridized carbons (Fsp3) is 0.571. The maximum atomic E-state index is 12.2. The van der Waals surface area contributed by atoms with E-state index in [0.29, 0.717) is 13.0 Å². The highest BCUT2D eigenvalue weighted by Crippen LogP contribution is 2.19. The molecule has 0 aliphatic heterocycles. The number of nitrogens with one attached hydrogen (secondary N) is 1. The minimum Gasteiger partial charge on any atom is -0.481 e. The number of aliphatic carboxylic acids is 1. The number of carboxylic acids is 1. The van der Waals surface area contributed by atoms with Crippen molar-refractivity contribution in [1.82, 2.24) is 10.2 Å². The Morgan fingerprint density at radius 2 is 2.11 bits per heavy atom. The van der Waals surface area contributed by atoms with Crippen LogP contribution in [0.2, 0.25) is 0 Å². The first-order valence-electron chi connectivity index (χ1n) is 6.36. The average molecular weight is 266 g/mol. The predicted octanol–water partition coefficient (Wildman–Crippen LogP) is 2.01. The molecule has 5 nitrogen and oxygen atoms in total. The van der Waals surface area contributed by atoms with Gasteiger partial charge in [-0.3, -0.25) is 4.79 Å². The van der Waals surface area contributed by atoms with Gasteiger partial charge in [0.15, 0.2) is 0 Å². The molecule has 0 fully saturated rings. The normalized spacial score (nSPS) is 22.1. The van der Waals surface area contributed by atoms with E-state index in [0.717, 1.165) is 0 Å². The van der Waals surface area contributed by atoms with Crippen molar-refractivity contribution < 1.29 is 14.7 Å². The number of urea groups is 1. The van der Waals surface area contributed by atoms with E-state index in [9.17, 15) is 9.59 Å². The van der Waals surface area contributed by atoms with E-state index in [1.54, 1.807) is 23.1 Å². The van der Waals surface area contributed by atoms with Crippen LogP contribution in [0.25, 0.3) is 0 Å². The Kier molecular flexibility index (Phi) is 4.75. The number of amides is 2. The Labute approximate surface area is 114 Å². The summed E-state index contributed by atoms with van der Waals surface area (Å²) < 4.78 is 0. The van der Waals surface area contributed by atoms with Crippen LogP contribution in [0.15, 0.2) is 24.8 Å². The molecule has 2 atom stereocenters. The van der Waals surface area contributed by atoms with Gasteiger partial charge in [0.25, 0.3) is 0 Å². The third-order valence-electron chi connectivity index (χ3n) is 3.08. The van der Waals surface area contributed by atoms with Gasteiger partial charge in [0, 0.05) is 12.1 Å². The quantitative estimate of drug-likeness (QED) is 0.765. The summed E-state index contributed by atoms with van der Waals surface area (Å²) in [5, 5.41) is 11.7. The zero-order chi connectivity index (χ0) is 14.6. The molecule has 1 rings (SSSR count). The molecular weight excluding hydrogens is 244 g/mol. The van der Waals surface area contributed by atoms with Crippen LogP contribution in [-0.2, 0) is 4.79 Å². The first-order chi connectivity index (χ1) is 8.75. The fourth-order valence-electron chi connectivity index (χ4n) is 2.02. The van der Waals surface area contributed by atoms with E-state index in [-0.39, 0.29) is 17.6 Å². The van der Waals surface area contributed by atoms with Gasteiger partial charge in [-0.1, -0.05) is 18.2 Å². The SMILES string of the molecule is C=CCN(C(=O)NC1C=CC(C(=O)O)C1)C(C)(C)C. The number of rotatable bonds is 4. The molecular formula is C14H22N2O3. The maximum Gasteiger partial charge on any atom is 0.318 e. The van der Waals surface area contributed by atoms with Gasteiger partial charge in [-0.05, 0) is 27.2 Å². The molecule has 0 spiro atoms. The van der Waals surface area contributed by atoms with Crippen LogP contribution in [0.4, 0.5) is 4.79 Å². The van der Waals surface area contributed by atoms with Crippen LogP contribution in [-0.4, -0.2) is 40.1 Å². The van der Waals surface area contributed by atoms with E-state index in [1.807, 2.05) is 20.8 Å². The van der Waals surface area contributed by atoms with Crippen molar-refractivity contribution >= 4 is 12.0 Å². The van der Waals surface area contributed by atoms with Crippen LogP contribution < -0.4 is 5.32 Å². The number of carboxylic acid groups (broad SMARTS) is 1. The highest BCUT2D eigenvalue weighted by atomic mass is 16.4. The number of hydrogen-bond acceptors (Lipinski definition) is 2. The second kappa shape index (κ2) is 5.91. The first kappa shape index (κ1) is 15.3. The van der Waals surface area contributed by atoms with Crippen molar-refractivity contribution in [2.75, 3.05) is 6.54 Å². The summed E-state index contributed by atoms with van der Waals surface area (Å²) in [5.74, 6) is -1.36. The summed E-state index contributed by atoms with van der Waals surface area (Å²) in [5.41, 5.74) is -0.313. The monoisotopic (exact) mass is 266 g/mol. The van der Waals surface area contributed by atoms with Gasteiger partial charge in [0.1, 0.15) is 0 Å². The largest absolute Gasteiger partial charge is 0.481 e. The highest BCUT2D eigenvalue weighted by molar-refractivity contribution is 5.77. The van der Waals surface area contributed by atoms with E-state index in [4.69, 9.17) is 5.11 Å². The lowest BCUT2D eigenvalue weighted by Crippen LogP contribution is -2.52. The molecule has 0 saturated carbocycles. The summed E-state index contributed by atoms with van der Waals surface area (Å²) in [6.07, 6.45) is 5.45. The Morgan fingerprint density at radius 1 is 1.47 bits per heavy atom. The van der Waals surface area contributed by atoms with Crippen molar-refractivity contribution in [2.24, 2.45) is 5.92 Å². The van der Waals surface area contributed by atoms with Crippen LogP contribution in [0, 0.1) is 5.92 Å². The molecule has 0 heterocycles. The molecule has 0 aromatic heterocycles. The minimum absolute atomic E-state index is 0.201. The molecule has 2 amide bonds. The number of hydrogen-bond donors (Lipinski definition) is 2.